The summed E-state index contributed by atoms with van der Waals surface area (Å²) in [6, 6.07) is 7.11. The Labute approximate surface area is 154 Å². The van der Waals surface area contributed by atoms with Gasteiger partial charge < -0.3 is 4.90 Å². The number of carbonyl (C=O) groups is 1. The Hall–Kier alpha value is -0.930. The van der Waals surface area contributed by atoms with Gasteiger partial charge in [-0.3, -0.25) is 4.79 Å². The van der Waals surface area contributed by atoms with Gasteiger partial charge in [0.05, 0.1) is 4.34 Å². The number of carbonyl (C=O) groups excluding carboxylic acids is 1. The fourth-order valence-corrected chi connectivity index (χ4v) is 6.35. The van der Waals surface area contributed by atoms with Crippen LogP contribution in [-0.4, -0.2) is 49.7 Å². The van der Waals surface area contributed by atoms with E-state index >= 15 is 0 Å². The molecule has 1 aliphatic heterocycles. The van der Waals surface area contributed by atoms with E-state index in [1.54, 1.807) is 22.3 Å². The van der Waals surface area contributed by atoms with Crippen molar-refractivity contribution in [2.24, 2.45) is 0 Å². The second kappa shape index (κ2) is 7.53. The number of sulfonamides is 1. The zero-order valence-corrected chi connectivity index (χ0v) is 16.1. The first-order valence-electron chi connectivity index (χ1n) is 7.52. The summed E-state index contributed by atoms with van der Waals surface area (Å²) in [5.41, 5.74) is 0. The van der Waals surface area contributed by atoms with Crippen LogP contribution in [0, 0.1) is 0 Å². The molecule has 130 valence electrons. The fourth-order valence-electron chi connectivity index (χ4n) is 2.58. The number of halogens is 1. The predicted octanol–water partition coefficient (Wildman–Crippen LogP) is 2.93. The first-order chi connectivity index (χ1) is 11.5. The van der Waals surface area contributed by atoms with Crippen molar-refractivity contribution in [1.29, 1.82) is 0 Å². The van der Waals surface area contributed by atoms with Crippen LogP contribution in [0.15, 0.2) is 33.9 Å². The van der Waals surface area contributed by atoms with Crippen molar-refractivity contribution in [3.63, 3.8) is 0 Å². The molecule has 1 amide bonds. The van der Waals surface area contributed by atoms with Crippen LogP contribution in [0.25, 0.3) is 0 Å². The average Bonchev–Trinajstić information content (AvgIpc) is 3.24. The van der Waals surface area contributed by atoms with Crippen LogP contribution >= 0.6 is 34.3 Å². The Morgan fingerprint density at radius 3 is 2.50 bits per heavy atom. The van der Waals surface area contributed by atoms with Gasteiger partial charge in [0, 0.05) is 37.5 Å². The Kier molecular flexibility index (Phi) is 5.61. The number of piperazine rings is 1. The highest BCUT2D eigenvalue weighted by Gasteiger charge is 2.30. The second-order valence-electron chi connectivity index (χ2n) is 5.42. The lowest BCUT2D eigenvalue weighted by atomic mass is 10.2. The van der Waals surface area contributed by atoms with Gasteiger partial charge in [0.25, 0.3) is 10.0 Å². The summed E-state index contributed by atoms with van der Waals surface area (Å²) in [6.45, 7) is 1.51. The third kappa shape index (κ3) is 4.00. The molecule has 1 saturated heterocycles. The van der Waals surface area contributed by atoms with E-state index in [0.717, 1.165) is 17.8 Å². The third-order valence-electron chi connectivity index (χ3n) is 3.90. The molecule has 1 aliphatic rings. The molecule has 0 aliphatic carbocycles. The van der Waals surface area contributed by atoms with Crippen LogP contribution in [-0.2, 0) is 21.2 Å². The molecule has 0 spiro atoms. The number of thiophene rings is 2. The minimum absolute atomic E-state index is 0.0830. The summed E-state index contributed by atoms with van der Waals surface area (Å²) < 4.78 is 27.2. The Morgan fingerprint density at radius 1 is 1.17 bits per heavy atom. The topological polar surface area (TPSA) is 57.7 Å². The number of rotatable bonds is 5. The number of amides is 1. The van der Waals surface area contributed by atoms with Crippen LogP contribution in [0.3, 0.4) is 0 Å². The standard InChI is InChI=1S/C15H17ClN2O3S3/c16-13-4-6-15(23-13)24(20,21)18-9-7-17(8-10-18)14(19)5-3-12-2-1-11-22-12/h1-2,4,6,11H,3,5,7-10H2. The molecule has 24 heavy (non-hydrogen) atoms. The van der Waals surface area contributed by atoms with Gasteiger partial charge in [-0.2, -0.15) is 4.31 Å². The van der Waals surface area contributed by atoms with Gasteiger partial charge in [0.15, 0.2) is 0 Å². The minimum Gasteiger partial charge on any atom is -0.340 e. The molecule has 0 aromatic carbocycles. The quantitative estimate of drug-likeness (QED) is 0.769. The maximum absolute atomic E-state index is 12.5. The van der Waals surface area contributed by atoms with Gasteiger partial charge in [0.2, 0.25) is 5.91 Å². The van der Waals surface area contributed by atoms with Gasteiger partial charge in [-0.25, -0.2) is 8.42 Å². The maximum atomic E-state index is 12.5. The van der Waals surface area contributed by atoms with E-state index in [-0.39, 0.29) is 10.1 Å². The molecule has 0 atom stereocenters. The molecule has 9 heteroatoms. The van der Waals surface area contributed by atoms with Crippen molar-refractivity contribution >= 4 is 50.2 Å². The van der Waals surface area contributed by atoms with Crippen LogP contribution in [0.5, 0.6) is 0 Å². The van der Waals surface area contributed by atoms with Gasteiger partial charge >= 0.3 is 0 Å². The largest absolute Gasteiger partial charge is 0.340 e. The highest BCUT2D eigenvalue weighted by molar-refractivity contribution is 7.91. The summed E-state index contributed by atoms with van der Waals surface area (Å²) in [7, 11) is -3.51. The molecule has 0 saturated carbocycles. The second-order valence-corrected chi connectivity index (χ2v) is 10.3. The normalized spacial score (nSPS) is 16.5. The predicted molar refractivity (Wildman–Crippen MR) is 97.3 cm³/mol. The molecule has 3 rings (SSSR count). The van der Waals surface area contributed by atoms with Crippen molar-refractivity contribution in [2.75, 3.05) is 26.2 Å². The number of hydrogen-bond donors (Lipinski definition) is 0. The molecule has 0 N–H and O–H groups in total. The number of nitrogens with zero attached hydrogens (tertiary/aromatic N) is 2. The minimum atomic E-state index is -3.51. The maximum Gasteiger partial charge on any atom is 0.252 e. The highest BCUT2D eigenvalue weighted by Crippen LogP contribution is 2.28. The molecule has 0 radical (unpaired) electrons. The van der Waals surface area contributed by atoms with E-state index in [9.17, 15) is 13.2 Å². The van der Waals surface area contributed by atoms with Gasteiger partial charge in [-0.1, -0.05) is 17.7 Å². The molecule has 3 heterocycles. The van der Waals surface area contributed by atoms with Gasteiger partial charge in [-0.05, 0) is 30.0 Å². The monoisotopic (exact) mass is 404 g/mol. The molecular weight excluding hydrogens is 388 g/mol. The van der Waals surface area contributed by atoms with E-state index in [2.05, 4.69) is 0 Å². The summed E-state index contributed by atoms with van der Waals surface area (Å²) in [5, 5.41) is 2.00. The first kappa shape index (κ1) is 17.9. The van der Waals surface area contributed by atoms with Gasteiger partial charge in [-0.15, -0.1) is 22.7 Å². The van der Waals surface area contributed by atoms with E-state index in [1.807, 2.05) is 17.5 Å². The zero-order chi connectivity index (χ0) is 17.2. The molecule has 5 nitrogen and oxygen atoms in total. The van der Waals surface area contributed by atoms with Crippen LogP contribution < -0.4 is 0 Å². The van der Waals surface area contributed by atoms with E-state index in [4.69, 9.17) is 11.6 Å². The smallest absolute Gasteiger partial charge is 0.252 e. The summed E-state index contributed by atoms with van der Waals surface area (Å²) in [5.74, 6) is 0.0830. The average molecular weight is 405 g/mol. The van der Waals surface area contributed by atoms with E-state index in [1.165, 1.54) is 15.2 Å². The first-order valence-corrected chi connectivity index (χ1v) is 11.0. The molecule has 0 unspecified atom stereocenters. The van der Waals surface area contributed by atoms with Crippen LogP contribution in [0.4, 0.5) is 0 Å². The lowest BCUT2D eigenvalue weighted by Gasteiger charge is -2.33. The zero-order valence-electron chi connectivity index (χ0n) is 12.9. The Balaban J connectivity index is 1.54. The summed E-state index contributed by atoms with van der Waals surface area (Å²) >= 11 is 8.54. The molecule has 2 aromatic rings. The molecule has 1 fully saturated rings. The summed E-state index contributed by atoms with van der Waals surface area (Å²) in [6.07, 6.45) is 1.20. The van der Waals surface area contributed by atoms with Crippen LogP contribution in [0.1, 0.15) is 11.3 Å². The van der Waals surface area contributed by atoms with E-state index < -0.39 is 10.0 Å². The van der Waals surface area contributed by atoms with Crippen molar-refractivity contribution in [3.8, 4) is 0 Å². The highest BCUT2D eigenvalue weighted by atomic mass is 35.5. The van der Waals surface area contributed by atoms with Crippen molar-refractivity contribution in [1.82, 2.24) is 9.21 Å². The lowest BCUT2D eigenvalue weighted by molar-refractivity contribution is -0.132. The molecule has 2 aromatic heterocycles. The lowest BCUT2D eigenvalue weighted by Crippen LogP contribution is -2.50. The third-order valence-corrected chi connectivity index (χ3v) is 8.43. The SMILES string of the molecule is O=C(CCc1cccs1)N1CCN(S(=O)(=O)c2ccc(Cl)s2)CC1. The van der Waals surface area contributed by atoms with Gasteiger partial charge in [0.1, 0.15) is 4.21 Å². The molecular formula is C15H17ClN2O3S3. The molecule has 0 bridgehead atoms. The number of aryl methyl sites for hydroxylation is 1. The number of hydrogen-bond acceptors (Lipinski definition) is 5. The van der Waals surface area contributed by atoms with Crippen molar-refractivity contribution in [3.05, 3.63) is 38.9 Å². The summed E-state index contributed by atoms with van der Waals surface area (Å²) in [4.78, 5) is 15.2. The van der Waals surface area contributed by atoms with Crippen molar-refractivity contribution < 1.29 is 13.2 Å². The Morgan fingerprint density at radius 2 is 1.92 bits per heavy atom. The fraction of sp³-hybridized carbons (Fsp3) is 0.400. The Bertz CT molecular complexity index is 794. The van der Waals surface area contributed by atoms with E-state index in [0.29, 0.717) is 36.9 Å². The van der Waals surface area contributed by atoms with Crippen molar-refractivity contribution in [2.45, 2.75) is 17.1 Å². The van der Waals surface area contributed by atoms with Crippen LogP contribution in [0.2, 0.25) is 4.34 Å².